The molecule has 0 saturated carbocycles. The number of fused-ring (bicyclic) bond motifs is 1. The van der Waals surface area contributed by atoms with Crippen molar-refractivity contribution in [2.24, 2.45) is 0 Å². The van der Waals surface area contributed by atoms with E-state index in [9.17, 15) is 14.0 Å². The molecule has 7 nitrogen and oxygen atoms in total. The largest absolute Gasteiger partial charge is 0.493 e. The number of benzene rings is 2. The SMILES string of the molecule is COCCN(CC(=O)N1CCc2sccc2C1COc1ccccc1OC)C(=O)c1ccccc1F. The van der Waals surface area contributed by atoms with Crippen molar-refractivity contribution < 1.29 is 28.2 Å². The van der Waals surface area contributed by atoms with Gasteiger partial charge >= 0.3 is 0 Å². The first-order valence-corrected chi connectivity index (χ1v) is 12.6. The van der Waals surface area contributed by atoms with Gasteiger partial charge in [-0.25, -0.2) is 4.39 Å². The molecule has 3 aromatic rings. The van der Waals surface area contributed by atoms with Gasteiger partial charge in [0, 0.05) is 25.1 Å². The van der Waals surface area contributed by atoms with Crippen LogP contribution in [-0.2, 0) is 16.0 Å². The maximum atomic E-state index is 14.3. The first kappa shape index (κ1) is 25.7. The molecule has 1 aliphatic heterocycles. The lowest BCUT2D eigenvalue weighted by Crippen LogP contribution is -2.48. The Morgan fingerprint density at radius 2 is 1.83 bits per heavy atom. The summed E-state index contributed by atoms with van der Waals surface area (Å²) in [5, 5.41) is 2.02. The van der Waals surface area contributed by atoms with Crippen LogP contribution in [-0.4, -0.2) is 68.7 Å². The fourth-order valence-electron chi connectivity index (χ4n) is 4.29. The van der Waals surface area contributed by atoms with Gasteiger partial charge in [-0.05, 0) is 47.7 Å². The number of hydrogen-bond donors (Lipinski definition) is 0. The van der Waals surface area contributed by atoms with E-state index >= 15 is 0 Å². The van der Waals surface area contributed by atoms with Crippen LogP contribution in [0.25, 0.3) is 0 Å². The number of thiophene rings is 1. The minimum atomic E-state index is -0.624. The van der Waals surface area contributed by atoms with Crippen molar-refractivity contribution >= 4 is 23.2 Å². The van der Waals surface area contributed by atoms with Gasteiger partial charge in [0.1, 0.15) is 19.0 Å². The highest BCUT2D eigenvalue weighted by Crippen LogP contribution is 2.35. The molecule has 190 valence electrons. The normalized spacial score (nSPS) is 14.8. The van der Waals surface area contributed by atoms with Crippen molar-refractivity contribution in [1.82, 2.24) is 9.80 Å². The van der Waals surface area contributed by atoms with Crippen molar-refractivity contribution in [1.29, 1.82) is 0 Å². The van der Waals surface area contributed by atoms with Crippen molar-refractivity contribution in [3.8, 4) is 11.5 Å². The summed E-state index contributed by atoms with van der Waals surface area (Å²) in [7, 11) is 3.10. The number of methoxy groups -OCH3 is 2. The molecule has 1 aliphatic rings. The van der Waals surface area contributed by atoms with E-state index in [4.69, 9.17) is 14.2 Å². The second kappa shape index (κ2) is 12.0. The average molecular weight is 513 g/mol. The molecule has 36 heavy (non-hydrogen) atoms. The van der Waals surface area contributed by atoms with Crippen LogP contribution in [0, 0.1) is 5.82 Å². The Morgan fingerprint density at radius 1 is 1.08 bits per heavy atom. The lowest BCUT2D eigenvalue weighted by Gasteiger charge is -2.37. The Kier molecular flexibility index (Phi) is 8.56. The molecule has 9 heteroatoms. The number of carbonyl (C=O) groups excluding carboxylic acids is 2. The molecule has 2 heterocycles. The molecule has 0 N–H and O–H groups in total. The summed E-state index contributed by atoms with van der Waals surface area (Å²) in [5.74, 6) is -0.208. The lowest BCUT2D eigenvalue weighted by molar-refractivity contribution is -0.135. The van der Waals surface area contributed by atoms with Gasteiger partial charge in [-0.15, -0.1) is 11.3 Å². The molecule has 0 fully saturated rings. The zero-order valence-corrected chi connectivity index (χ0v) is 21.1. The van der Waals surface area contributed by atoms with Crippen molar-refractivity contribution in [3.63, 3.8) is 0 Å². The molecule has 1 unspecified atom stereocenters. The predicted octanol–water partition coefficient (Wildman–Crippen LogP) is 4.19. The van der Waals surface area contributed by atoms with Gasteiger partial charge in [-0.3, -0.25) is 9.59 Å². The van der Waals surface area contributed by atoms with Crippen LogP contribution in [0.3, 0.4) is 0 Å². The molecular formula is C27H29FN2O5S. The number of ether oxygens (including phenoxy) is 3. The van der Waals surface area contributed by atoms with Crippen molar-refractivity contribution in [3.05, 3.63) is 81.8 Å². The van der Waals surface area contributed by atoms with Crippen LogP contribution in [0.1, 0.15) is 26.8 Å². The number of amides is 2. The number of carbonyl (C=O) groups is 2. The van der Waals surface area contributed by atoms with Gasteiger partial charge in [0.2, 0.25) is 5.91 Å². The molecule has 0 saturated heterocycles. The quantitative estimate of drug-likeness (QED) is 0.408. The molecular weight excluding hydrogens is 483 g/mol. The Morgan fingerprint density at radius 3 is 2.58 bits per heavy atom. The minimum Gasteiger partial charge on any atom is -0.493 e. The predicted molar refractivity (Wildman–Crippen MR) is 135 cm³/mol. The first-order valence-electron chi connectivity index (χ1n) is 11.7. The standard InChI is InChI=1S/C27H29FN2O5S/c1-33-15-14-29(27(32)19-7-3-4-8-21(19)28)17-26(31)30-13-11-25-20(12-16-36-25)22(30)18-35-24-10-6-5-9-23(24)34-2/h3-10,12,16,22H,11,13-15,17-18H2,1-2H3. The molecule has 1 atom stereocenters. The van der Waals surface area contributed by atoms with Crippen molar-refractivity contribution in [2.75, 3.05) is 47.1 Å². The van der Waals surface area contributed by atoms with Gasteiger partial charge in [0.05, 0.1) is 25.3 Å². The zero-order chi connectivity index (χ0) is 25.5. The third kappa shape index (κ3) is 5.68. The van der Waals surface area contributed by atoms with E-state index in [0.29, 0.717) is 18.0 Å². The average Bonchev–Trinajstić information content (AvgIpc) is 3.39. The molecule has 1 aromatic heterocycles. The van der Waals surface area contributed by atoms with E-state index < -0.39 is 11.7 Å². The molecule has 2 amide bonds. The Hall–Kier alpha value is -3.43. The number of hydrogen-bond acceptors (Lipinski definition) is 6. The third-order valence-corrected chi connectivity index (χ3v) is 7.16. The smallest absolute Gasteiger partial charge is 0.257 e. The maximum Gasteiger partial charge on any atom is 0.257 e. The summed E-state index contributed by atoms with van der Waals surface area (Å²) < 4.78 is 31.0. The topological polar surface area (TPSA) is 68.3 Å². The second-order valence-electron chi connectivity index (χ2n) is 8.31. The second-order valence-corrected chi connectivity index (χ2v) is 9.31. The van der Waals surface area contributed by atoms with Crippen LogP contribution < -0.4 is 9.47 Å². The summed E-state index contributed by atoms with van der Waals surface area (Å²) in [6.45, 7) is 0.923. The van der Waals surface area contributed by atoms with Crippen LogP contribution in [0.4, 0.5) is 4.39 Å². The highest BCUT2D eigenvalue weighted by Gasteiger charge is 2.34. The summed E-state index contributed by atoms with van der Waals surface area (Å²) in [6.07, 6.45) is 0.725. The van der Waals surface area contributed by atoms with Crippen LogP contribution in [0.2, 0.25) is 0 Å². The number of nitrogens with zero attached hydrogens (tertiary/aromatic N) is 2. The van der Waals surface area contributed by atoms with E-state index in [2.05, 4.69) is 0 Å². The van der Waals surface area contributed by atoms with E-state index in [1.807, 2.05) is 35.7 Å². The maximum absolute atomic E-state index is 14.3. The third-order valence-electron chi connectivity index (χ3n) is 6.16. The molecule has 0 radical (unpaired) electrons. The molecule has 4 rings (SSSR count). The van der Waals surface area contributed by atoms with E-state index in [-0.39, 0.29) is 43.8 Å². The van der Waals surface area contributed by atoms with Gasteiger partial charge in [-0.1, -0.05) is 24.3 Å². The van der Waals surface area contributed by atoms with E-state index in [0.717, 1.165) is 12.0 Å². The Balaban J connectivity index is 1.54. The Labute approximate surface area is 214 Å². The van der Waals surface area contributed by atoms with Gasteiger partial charge in [0.15, 0.2) is 11.5 Å². The summed E-state index contributed by atoms with van der Waals surface area (Å²) in [4.78, 5) is 31.0. The number of rotatable bonds is 10. The molecule has 0 spiro atoms. The lowest BCUT2D eigenvalue weighted by atomic mass is 10.0. The van der Waals surface area contributed by atoms with Gasteiger partial charge in [0.25, 0.3) is 5.91 Å². The number of para-hydroxylation sites is 2. The first-order chi connectivity index (χ1) is 17.5. The van der Waals surface area contributed by atoms with Gasteiger partial charge in [-0.2, -0.15) is 0 Å². The molecule has 0 bridgehead atoms. The van der Waals surface area contributed by atoms with Crippen LogP contribution in [0.5, 0.6) is 11.5 Å². The summed E-state index contributed by atoms with van der Waals surface area (Å²) in [5.41, 5.74) is 0.967. The highest BCUT2D eigenvalue weighted by molar-refractivity contribution is 7.10. The minimum absolute atomic E-state index is 0.0729. The molecule has 2 aromatic carbocycles. The van der Waals surface area contributed by atoms with E-state index in [1.54, 1.807) is 29.4 Å². The van der Waals surface area contributed by atoms with Gasteiger partial charge < -0.3 is 24.0 Å². The van der Waals surface area contributed by atoms with Crippen LogP contribution >= 0.6 is 11.3 Å². The summed E-state index contributed by atoms with van der Waals surface area (Å²) >= 11 is 1.66. The Bertz CT molecular complexity index is 1200. The zero-order valence-electron chi connectivity index (χ0n) is 20.3. The fourth-order valence-corrected chi connectivity index (χ4v) is 5.22. The summed E-state index contributed by atoms with van der Waals surface area (Å²) in [6, 6.07) is 14.8. The van der Waals surface area contributed by atoms with Crippen LogP contribution in [0.15, 0.2) is 60.0 Å². The highest BCUT2D eigenvalue weighted by atomic mass is 32.1. The molecule has 0 aliphatic carbocycles. The fraction of sp³-hybridized carbons (Fsp3) is 0.333. The van der Waals surface area contributed by atoms with E-state index in [1.165, 1.54) is 35.1 Å². The number of halogens is 1. The monoisotopic (exact) mass is 512 g/mol. The van der Waals surface area contributed by atoms with Crippen molar-refractivity contribution in [2.45, 2.75) is 12.5 Å².